The van der Waals surface area contributed by atoms with E-state index in [2.05, 4.69) is 0 Å². The minimum atomic E-state index is -3.54. The highest BCUT2D eigenvalue weighted by Crippen LogP contribution is 2.27. The van der Waals surface area contributed by atoms with Crippen LogP contribution in [-0.4, -0.2) is 37.5 Å². The van der Waals surface area contributed by atoms with Crippen LogP contribution in [0.2, 0.25) is 0 Å². The standard InChI is InChI=1S/C6H14N2O3S/c1-8(12(7,10)11)4-5-2-6(9)3-5/h5-6,9H,2-4H2,1H3,(H2,7,10,11). The van der Waals surface area contributed by atoms with Crippen molar-refractivity contribution in [3.63, 3.8) is 0 Å². The highest BCUT2D eigenvalue weighted by atomic mass is 32.2. The van der Waals surface area contributed by atoms with Crippen LogP contribution in [0.5, 0.6) is 0 Å². The average Bonchev–Trinajstić information content (AvgIpc) is 1.82. The van der Waals surface area contributed by atoms with E-state index >= 15 is 0 Å². The third kappa shape index (κ3) is 2.41. The van der Waals surface area contributed by atoms with Gasteiger partial charge in [-0.05, 0) is 18.8 Å². The minimum Gasteiger partial charge on any atom is -0.393 e. The average molecular weight is 194 g/mol. The quantitative estimate of drug-likeness (QED) is 0.597. The lowest BCUT2D eigenvalue weighted by atomic mass is 9.82. The van der Waals surface area contributed by atoms with Crippen molar-refractivity contribution in [3.05, 3.63) is 0 Å². The zero-order chi connectivity index (χ0) is 9.35. The molecule has 0 saturated heterocycles. The van der Waals surface area contributed by atoms with E-state index in [1.54, 1.807) is 0 Å². The monoisotopic (exact) mass is 194 g/mol. The summed E-state index contributed by atoms with van der Waals surface area (Å²) in [6.45, 7) is 0.413. The van der Waals surface area contributed by atoms with Gasteiger partial charge in [0.1, 0.15) is 0 Å². The van der Waals surface area contributed by atoms with E-state index in [9.17, 15) is 8.42 Å². The van der Waals surface area contributed by atoms with Gasteiger partial charge in [0.2, 0.25) is 0 Å². The van der Waals surface area contributed by atoms with Crippen LogP contribution in [0.4, 0.5) is 0 Å². The molecule has 1 saturated carbocycles. The predicted octanol–water partition coefficient (Wildman–Crippen LogP) is -1.11. The van der Waals surface area contributed by atoms with Crippen LogP contribution >= 0.6 is 0 Å². The molecule has 0 bridgehead atoms. The van der Waals surface area contributed by atoms with Crippen LogP contribution in [-0.2, 0) is 10.2 Å². The lowest BCUT2D eigenvalue weighted by Crippen LogP contribution is -2.42. The fourth-order valence-electron chi connectivity index (χ4n) is 1.32. The third-order valence-corrected chi connectivity index (χ3v) is 3.18. The summed E-state index contributed by atoms with van der Waals surface area (Å²) in [5.41, 5.74) is 0. The van der Waals surface area contributed by atoms with Gasteiger partial charge in [-0.3, -0.25) is 0 Å². The summed E-state index contributed by atoms with van der Waals surface area (Å²) in [4.78, 5) is 0. The number of rotatable bonds is 3. The van der Waals surface area contributed by atoms with Crippen molar-refractivity contribution in [2.75, 3.05) is 13.6 Å². The van der Waals surface area contributed by atoms with Crippen molar-refractivity contribution in [2.24, 2.45) is 11.1 Å². The molecule has 1 aliphatic carbocycles. The maximum Gasteiger partial charge on any atom is 0.276 e. The van der Waals surface area contributed by atoms with Gasteiger partial charge in [0, 0.05) is 13.6 Å². The van der Waals surface area contributed by atoms with Gasteiger partial charge in [0.15, 0.2) is 0 Å². The van der Waals surface area contributed by atoms with Gasteiger partial charge < -0.3 is 5.11 Å². The molecule has 0 atom stereocenters. The normalized spacial score (nSPS) is 30.3. The Morgan fingerprint density at radius 2 is 2.08 bits per heavy atom. The van der Waals surface area contributed by atoms with Gasteiger partial charge in [0.05, 0.1) is 6.10 Å². The van der Waals surface area contributed by atoms with Crippen LogP contribution < -0.4 is 5.14 Å². The van der Waals surface area contributed by atoms with Crippen molar-refractivity contribution in [1.29, 1.82) is 0 Å². The summed E-state index contributed by atoms with van der Waals surface area (Å²) < 4.78 is 22.6. The number of aliphatic hydroxyl groups excluding tert-OH is 1. The molecular formula is C6H14N2O3S. The number of nitrogens with two attached hydrogens (primary N) is 1. The van der Waals surface area contributed by atoms with Crippen molar-refractivity contribution in [3.8, 4) is 0 Å². The molecule has 6 heteroatoms. The molecule has 0 heterocycles. The van der Waals surface area contributed by atoms with Gasteiger partial charge in [-0.1, -0.05) is 0 Å². The second-order valence-electron chi connectivity index (χ2n) is 3.32. The minimum absolute atomic E-state index is 0.246. The van der Waals surface area contributed by atoms with Crippen LogP contribution in [0.1, 0.15) is 12.8 Å². The number of hydrogen-bond acceptors (Lipinski definition) is 3. The summed E-state index contributed by atoms with van der Waals surface area (Å²) >= 11 is 0. The van der Waals surface area contributed by atoms with Crippen molar-refractivity contribution in [1.82, 2.24) is 4.31 Å². The molecule has 1 fully saturated rings. The first-order valence-corrected chi connectivity index (χ1v) is 5.32. The molecule has 12 heavy (non-hydrogen) atoms. The molecule has 0 unspecified atom stereocenters. The topological polar surface area (TPSA) is 83.6 Å². The Morgan fingerprint density at radius 3 is 2.42 bits per heavy atom. The highest BCUT2D eigenvalue weighted by molar-refractivity contribution is 7.86. The Morgan fingerprint density at radius 1 is 1.58 bits per heavy atom. The fraction of sp³-hybridized carbons (Fsp3) is 1.00. The smallest absolute Gasteiger partial charge is 0.276 e. The van der Waals surface area contributed by atoms with E-state index in [1.807, 2.05) is 0 Å². The first-order valence-electron chi connectivity index (χ1n) is 3.81. The first kappa shape index (κ1) is 9.91. The number of aliphatic hydroxyl groups is 1. The second-order valence-corrected chi connectivity index (χ2v) is 4.97. The molecule has 5 nitrogen and oxygen atoms in total. The van der Waals surface area contributed by atoms with Crippen molar-refractivity contribution < 1.29 is 13.5 Å². The molecule has 0 aromatic heterocycles. The lowest BCUT2D eigenvalue weighted by molar-refractivity contribution is 0.0367. The molecule has 0 aromatic carbocycles. The predicted molar refractivity (Wildman–Crippen MR) is 44.5 cm³/mol. The van der Waals surface area contributed by atoms with E-state index in [1.165, 1.54) is 7.05 Å². The SMILES string of the molecule is CN(CC1CC(O)C1)S(N)(=O)=O. The summed E-state index contributed by atoms with van der Waals surface area (Å²) in [5.74, 6) is 0.267. The number of nitrogens with zero attached hydrogens (tertiary/aromatic N) is 1. The molecule has 0 spiro atoms. The zero-order valence-corrected chi connectivity index (χ0v) is 7.79. The molecule has 1 aliphatic rings. The molecule has 0 aliphatic heterocycles. The molecule has 3 N–H and O–H groups in total. The molecule has 1 rings (SSSR count). The molecule has 0 aromatic rings. The summed E-state index contributed by atoms with van der Waals surface area (Å²) in [6.07, 6.45) is 1.11. The molecule has 72 valence electrons. The highest BCUT2D eigenvalue weighted by Gasteiger charge is 2.29. The number of hydrogen-bond donors (Lipinski definition) is 2. The van der Waals surface area contributed by atoms with Gasteiger partial charge in [-0.15, -0.1) is 0 Å². The lowest BCUT2D eigenvalue weighted by Gasteiger charge is -2.33. The van der Waals surface area contributed by atoms with E-state index < -0.39 is 10.2 Å². The fourth-order valence-corrected chi connectivity index (χ4v) is 1.74. The van der Waals surface area contributed by atoms with E-state index in [0.717, 1.165) is 4.31 Å². The Bertz CT molecular complexity index is 246. The second kappa shape index (κ2) is 3.29. The summed E-state index contributed by atoms with van der Waals surface area (Å²) in [5, 5.41) is 13.8. The Hall–Kier alpha value is -0.170. The third-order valence-electron chi connectivity index (χ3n) is 2.16. The van der Waals surface area contributed by atoms with Crippen LogP contribution in [0, 0.1) is 5.92 Å². The Kier molecular flexibility index (Phi) is 2.72. The van der Waals surface area contributed by atoms with Crippen LogP contribution in [0.25, 0.3) is 0 Å². The van der Waals surface area contributed by atoms with Crippen molar-refractivity contribution in [2.45, 2.75) is 18.9 Å². The Balaban J connectivity index is 2.33. The van der Waals surface area contributed by atoms with Gasteiger partial charge in [-0.25, -0.2) is 5.14 Å². The van der Waals surface area contributed by atoms with E-state index in [0.29, 0.717) is 19.4 Å². The molecule has 0 radical (unpaired) electrons. The maximum absolute atomic E-state index is 10.7. The van der Waals surface area contributed by atoms with E-state index in [-0.39, 0.29) is 12.0 Å². The first-order chi connectivity index (χ1) is 5.39. The van der Waals surface area contributed by atoms with Gasteiger partial charge >= 0.3 is 0 Å². The molecule has 0 amide bonds. The van der Waals surface area contributed by atoms with Crippen LogP contribution in [0.3, 0.4) is 0 Å². The summed E-state index contributed by atoms with van der Waals surface area (Å²) in [6, 6.07) is 0. The Labute approximate surface area is 72.3 Å². The zero-order valence-electron chi connectivity index (χ0n) is 6.97. The van der Waals surface area contributed by atoms with E-state index in [4.69, 9.17) is 10.2 Å². The van der Waals surface area contributed by atoms with Gasteiger partial charge in [0.25, 0.3) is 10.2 Å². The van der Waals surface area contributed by atoms with Crippen molar-refractivity contribution >= 4 is 10.2 Å². The largest absolute Gasteiger partial charge is 0.393 e. The molecular weight excluding hydrogens is 180 g/mol. The maximum atomic E-state index is 10.7. The summed E-state index contributed by atoms with van der Waals surface area (Å²) in [7, 11) is -2.10. The van der Waals surface area contributed by atoms with Gasteiger partial charge in [-0.2, -0.15) is 12.7 Å². The van der Waals surface area contributed by atoms with Crippen LogP contribution in [0.15, 0.2) is 0 Å².